The van der Waals surface area contributed by atoms with E-state index in [9.17, 15) is 9.11 Å². The molecule has 13 heavy (non-hydrogen) atoms. The second-order valence-electron chi connectivity index (χ2n) is 3.23. The van der Waals surface area contributed by atoms with Crippen molar-refractivity contribution in [1.82, 2.24) is 4.31 Å². The van der Waals surface area contributed by atoms with E-state index in [2.05, 4.69) is 6.92 Å². The lowest BCUT2D eigenvalue weighted by Gasteiger charge is -2.43. The third-order valence-corrected chi connectivity index (χ3v) is 3.18. The van der Waals surface area contributed by atoms with Gasteiger partial charge in [0, 0.05) is 13.1 Å². The molecule has 1 unspecified atom stereocenters. The van der Waals surface area contributed by atoms with Gasteiger partial charge in [0.1, 0.15) is 0 Å². The molecule has 1 aliphatic heterocycles. The maximum atomic E-state index is 9.22. The van der Waals surface area contributed by atoms with Gasteiger partial charge in [0.15, 0.2) is 0 Å². The lowest BCUT2D eigenvalue weighted by atomic mass is 10.2. The van der Waals surface area contributed by atoms with Gasteiger partial charge in [-0.25, -0.2) is 5.14 Å². The highest BCUT2D eigenvalue weighted by Crippen LogP contribution is 2.35. The molecule has 1 saturated heterocycles. The van der Waals surface area contributed by atoms with Gasteiger partial charge in [-0.2, -0.15) is 4.31 Å². The molecule has 0 amide bonds. The van der Waals surface area contributed by atoms with Crippen molar-refractivity contribution >= 4 is 11.0 Å². The van der Waals surface area contributed by atoms with E-state index in [0.29, 0.717) is 19.7 Å². The Kier molecular flexibility index (Phi) is 3.96. The number of morpholine rings is 1. The lowest BCUT2D eigenvalue weighted by Crippen LogP contribution is -2.45. The predicted octanol–water partition coefficient (Wildman–Crippen LogP) is 1.03. The number of rotatable bonds is 3. The molecule has 1 heterocycles. The Morgan fingerprint density at radius 3 is 2.85 bits per heavy atom. The van der Waals surface area contributed by atoms with Crippen LogP contribution in [0.2, 0.25) is 0 Å². The van der Waals surface area contributed by atoms with Gasteiger partial charge >= 0.3 is 0 Å². The topological polar surface area (TPSA) is 79.0 Å². The van der Waals surface area contributed by atoms with Gasteiger partial charge in [0.25, 0.3) is 0 Å². The first kappa shape index (κ1) is 11.2. The molecule has 0 spiro atoms. The average Bonchev–Trinajstić information content (AvgIpc) is 2.04. The van der Waals surface area contributed by atoms with Gasteiger partial charge in [0.2, 0.25) is 0 Å². The molecule has 0 aromatic rings. The lowest BCUT2D eigenvalue weighted by molar-refractivity contribution is -0.00861. The Hall–Kier alpha value is 0.150. The van der Waals surface area contributed by atoms with Crippen molar-refractivity contribution in [2.75, 3.05) is 19.7 Å². The molecule has 0 bridgehead atoms. The van der Waals surface area contributed by atoms with E-state index in [1.54, 1.807) is 0 Å². The fraction of sp³-hybridized carbons (Fsp3) is 1.00. The molecule has 0 saturated carbocycles. The van der Waals surface area contributed by atoms with E-state index in [0.717, 1.165) is 12.8 Å². The van der Waals surface area contributed by atoms with Crippen molar-refractivity contribution in [2.45, 2.75) is 25.9 Å². The van der Waals surface area contributed by atoms with Crippen LogP contribution < -0.4 is 5.14 Å². The quantitative estimate of drug-likeness (QED) is 0.648. The largest absolute Gasteiger partial charge is 0.375 e. The monoisotopic (exact) mass is 210 g/mol. The molecule has 0 aromatic carbocycles. The van der Waals surface area contributed by atoms with Crippen LogP contribution in [0.3, 0.4) is 0 Å². The van der Waals surface area contributed by atoms with Gasteiger partial charge < -0.3 is 4.74 Å². The molecule has 1 rings (SSSR count). The molecule has 4 N–H and O–H groups in total. The second kappa shape index (κ2) is 4.59. The maximum Gasteiger partial charge on any atom is 0.0719 e. The minimum Gasteiger partial charge on any atom is -0.375 e. The zero-order valence-corrected chi connectivity index (χ0v) is 8.66. The first-order valence-corrected chi connectivity index (χ1v) is 6.03. The number of ether oxygens (including phenoxy) is 1. The van der Waals surface area contributed by atoms with E-state index < -0.39 is 11.0 Å². The van der Waals surface area contributed by atoms with Crippen LogP contribution in [0.15, 0.2) is 0 Å². The summed E-state index contributed by atoms with van der Waals surface area (Å²) >= 11 is 0. The van der Waals surface area contributed by atoms with Crippen molar-refractivity contribution in [2.24, 2.45) is 5.14 Å². The van der Waals surface area contributed by atoms with Crippen LogP contribution in [0.4, 0.5) is 0 Å². The van der Waals surface area contributed by atoms with Gasteiger partial charge in [0.05, 0.1) is 12.7 Å². The van der Waals surface area contributed by atoms with Crippen LogP contribution in [0.25, 0.3) is 0 Å². The molecule has 0 aliphatic carbocycles. The smallest absolute Gasteiger partial charge is 0.0719 e. The fourth-order valence-corrected chi connectivity index (χ4v) is 2.16. The molecule has 1 atom stereocenters. The van der Waals surface area contributed by atoms with E-state index in [1.165, 1.54) is 4.31 Å². The molecule has 0 radical (unpaired) electrons. The molecule has 6 heteroatoms. The van der Waals surface area contributed by atoms with E-state index in [4.69, 9.17) is 9.88 Å². The third kappa shape index (κ3) is 3.41. The summed E-state index contributed by atoms with van der Waals surface area (Å²) in [5, 5.41) is 5.23. The maximum absolute atomic E-state index is 9.22. The van der Waals surface area contributed by atoms with E-state index >= 15 is 0 Å². The first-order chi connectivity index (χ1) is 6.04. The SMILES string of the molecule is CCCC1CN(S(N)(O)O)CCO1. The summed E-state index contributed by atoms with van der Waals surface area (Å²) in [7, 11) is -3.02. The Balaban J connectivity index is 2.42. The van der Waals surface area contributed by atoms with Crippen molar-refractivity contribution in [3.8, 4) is 0 Å². The summed E-state index contributed by atoms with van der Waals surface area (Å²) in [6, 6.07) is 0. The number of hydrogen-bond donors (Lipinski definition) is 3. The normalized spacial score (nSPS) is 27.5. The van der Waals surface area contributed by atoms with Crippen molar-refractivity contribution in [3.63, 3.8) is 0 Å². The summed E-state index contributed by atoms with van der Waals surface area (Å²) in [6.45, 7) is 3.62. The summed E-state index contributed by atoms with van der Waals surface area (Å²) in [5.41, 5.74) is 0. The minimum absolute atomic E-state index is 0.0912. The molecular weight excluding hydrogens is 192 g/mol. The summed E-state index contributed by atoms with van der Waals surface area (Å²) in [4.78, 5) is 0. The summed E-state index contributed by atoms with van der Waals surface area (Å²) in [5.74, 6) is 0. The Morgan fingerprint density at radius 1 is 1.62 bits per heavy atom. The van der Waals surface area contributed by atoms with Crippen LogP contribution in [0, 0.1) is 0 Å². The molecule has 5 nitrogen and oxygen atoms in total. The number of nitrogens with two attached hydrogens (primary N) is 1. The van der Waals surface area contributed by atoms with Gasteiger partial charge in [-0.3, -0.25) is 9.11 Å². The second-order valence-corrected chi connectivity index (χ2v) is 4.87. The highest BCUT2D eigenvalue weighted by atomic mass is 32.3. The summed E-state index contributed by atoms with van der Waals surface area (Å²) < 4.78 is 25.4. The third-order valence-electron chi connectivity index (χ3n) is 2.09. The van der Waals surface area contributed by atoms with Gasteiger partial charge in [-0.05, 0) is 6.42 Å². The van der Waals surface area contributed by atoms with Crippen LogP contribution in [-0.4, -0.2) is 39.2 Å². The zero-order chi connectivity index (χ0) is 9.90. The molecule has 0 aromatic heterocycles. The van der Waals surface area contributed by atoms with Crippen LogP contribution in [0.1, 0.15) is 19.8 Å². The number of hydrogen-bond acceptors (Lipinski definition) is 5. The zero-order valence-electron chi connectivity index (χ0n) is 7.85. The van der Waals surface area contributed by atoms with Gasteiger partial charge in [-0.1, -0.05) is 24.3 Å². The highest BCUT2D eigenvalue weighted by Gasteiger charge is 2.26. The van der Waals surface area contributed by atoms with Crippen LogP contribution in [-0.2, 0) is 4.74 Å². The first-order valence-electron chi connectivity index (χ1n) is 4.46. The van der Waals surface area contributed by atoms with Gasteiger partial charge in [-0.15, -0.1) is 0 Å². The van der Waals surface area contributed by atoms with Crippen molar-refractivity contribution < 1.29 is 13.8 Å². The van der Waals surface area contributed by atoms with E-state index in [1.807, 2.05) is 0 Å². The fourth-order valence-electron chi connectivity index (χ4n) is 1.43. The number of nitrogens with zero attached hydrogens (tertiary/aromatic N) is 1. The van der Waals surface area contributed by atoms with Crippen LogP contribution >= 0.6 is 11.0 Å². The Morgan fingerprint density at radius 2 is 2.31 bits per heavy atom. The van der Waals surface area contributed by atoms with Crippen LogP contribution in [0.5, 0.6) is 0 Å². The van der Waals surface area contributed by atoms with Crippen molar-refractivity contribution in [1.29, 1.82) is 0 Å². The highest BCUT2D eigenvalue weighted by molar-refractivity contribution is 8.20. The minimum atomic E-state index is -3.02. The molecule has 80 valence electrons. The average molecular weight is 210 g/mol. The Bertz CT molecular complexity index is 160. The standard InChI is InChI=1S/C7H18N2O3S/c1-2-3-7-6-9(4-5-12-7)13(8,10)11/h7,10-11H,2-6,8H2,1H3. The molecular formula is C7H18N2O3S. The van der Waals surface area contributed by atoms with E-state index in [-0.39, 0.29) is 6.10 Å². The van der Waals surface area contributed by atoms with Crippen molar-refractivity contribution in [3.05, 3.63) is 0 Å². The summed E-state index contributed by atoms with van der Waals surface area (Å²) in [6.07, 6.45) is 2.06. The molecule has 1 aliphatic rings. The Labute approximate surface area is 80.5 Å². The predicted molar refractivity (Wildman–Crippen MR) is 53.3 cm³/mol. The molecule has 1 fully saturated rings.